The Bertz CT molecular complexity index is 1390. The van der Waals surface area contributed by atoms with Gasteiger partial charge in [0.15, 0.2) is 0 Å². The zero-order valence-electron chi connectivity index (χ0n) is 18.1. The van der Waals surface area contributed by atoms with Crippen molar-refractivity contribution in [3.05, 3.63) is 63.0 Å². The van der Waals surface area contributed by atoms with Crippen LogP contribution in [0.5, 0.6) is 0 Å². The molecule has 4 aromatic rings. The molecule has 162 valence electrons. The van der Waals surface area contributed by atoms with Gasteiger partial charge in [-0.05, 0) is 44.5 Å². The summed E-state index contributed by atoms with van der Waals surface area (Å²) < 4.78 is 10.5. The highest BCUT2D eigenvalue weighted by atomic mass is 32.1. The molecule has 1 aliphatic heterocycles. The third-order valence-electron chi connectivity index (χ3n) is 5.83. The van der Waals surface area contributed by atoms with Gasteiger partial charge in [0.2, 0.25) is 0 Å². The lowest BCUT2D eigenvalue weighted by atomic mass is 10.0. The Morgan fingerprint density at radius 1 is 1.19 bits per heavy atom. The van der Waals surface area contributed by atoms with E-state index < -0.39 is 12.0 Å². The lowest BCUT2D eigenvalue weighted by Crippen LogP contribution is -2.43. The maximum absolute atomic E-state index is 14.0. The van der Waals surface area contributed by atoms with Crippen molar-refractivity contribution >= 4 is 40.0 Å². The van der Waals surface area contributed by atoms with E-state index in [9.17, 15) is 9.59 Å². The van der Waals surface area contributed by atoms with Crippen LogP contribution in [0, 0.1) is 20.8 Å². The summed E-state index contributed by atoms with van der Waals surface area (Å²) in [6.07, 6.45) is 0.404. The SMILES string of the molecule is COC(=O)C1Cc2ccccc2N1C(=O)c1cc(-c2cc(C)sc2C)nc2onc(C)c12. The second-order valence-electron chi connectivity index (χ2n) is 7.88. The highest BCUT2D eigenvalue weighted by molar-refractivity contribution is 7.12. The molecule has 0 bridgehead atoms. The number of anilines is 1. The van der Waals surface area contributed by atoms with Crippen molar-refractivity contribution in [2.75, 3.05) is 12.0 Å². The first-order valence-electron chi connectivity index (χ1n) is 10.2. The van der Waals surface area contributed by atoms with Crippen LogP contribution in [0.25, 0.3) is 22.4 Å². The Balaban J connectivity index is 1.71. The molecule has 5 rings (SSSR count). The minimum atomic E-state index is -0.734. The largest absolute Gasteiger partial charge is 0.467 e. The fourth-order valence-corrected chi connectivity index (χ4v) is 5.31. The molecule has 1 unspecified atom stereocenters. The van der Waals surface area contributed by atoms with E-state index in [-0.39, 0.29) is 5.91 Å². The number of amides is 1. The van der Waals surface area contributed by atoms with E-state index in [1.807, 2.05) is 44.2 Å². The van der Waals surface area contributed by atoms with E-state index >= 15 is 0 Å². The molecule has 1 amide bonds. The number of thiophene rings is 1. The molecule has 0 radical (unpaired) electrons. The topological polar surface area (TPSA) is 85.5 Å². The fourth-order valence-electron chi connectivity index (χ4n) is 4.38. The third kappa shape index (κ3) is 3.10. The molecule has 1 aliphatic rings. The van der Waals surface area contributed by atoms with Crippen molar-refractivity contribution in [3.63, 3.8) is 0 Å². The van der Waals surface area contributed by atoms with Gasteiger partial charge in [-0.2, -0.15) is 0 Å². The molecular weight excluding hydrogens is 426 g/mol. The molecule has 0 spiro atoms. The minimum Gasteiger partial charge on any atom is -0.467 e. The number of nitrogens with zero attached hydrogens (tertiary/aromatic N) is 3. The summed E-state index contributed by atoms with van der Waals surface area (Å²) in [5.41, 5.74) is 4.49. The number of ether oxygens (including phenoxy) is 1. The van der Waals surface area contributed by atoms with Crippen LogP contribution in [0.4, 0.5) is 5.69 Å². The minimum absolute atomic E-state index is 0.300. The molecule has 8 heteroatoms. The van der Waals surface area contributed by atoms with Gasteiger partial charge in [0.1, 0.15) is 6.04 Å². The molecule has 0 N–H and O–H groups in total. The fraction of sp³-hybridized carbons (Fsp3) is 0.250. The van der Waals surface area contributed by atoms with Crippen LogP contribution in [0.2, 0.25) is 0 Å². The van der Waals surface area contributed by atoms with Gasteiger partial charge in [-0.25, -0.2) is 9.78 Å². The molecule has 0 saturated carbocycles. The summed E-state index contributed by atoms with van der Waals surface area (Å²) >= 11 is 1.67. The number of para-hydroxylation sites is 1. The summed E-state index contributed by atoms with van der Waals surface area (Å²) in [7, 11) is 1.34. The Kier molecular flexibility index (Phi) is 4.82. The molecule has 3 aromatic heterocycles. The normalized spacial score (nSPS) is 15.2. The standard InChI is InChI=1S/C24H21N3O4S/c1-12-9-16(14(3)32-12)18-11-17(21-13(2)26-31-22(21)25-18)23(28)27-19-8-6-5-7-15(19)10-20(27)24(29)30-4/h5-9,11,20H,10H2,1-4H3. The molecule has 32 heavy (non-hydrogen) atoms. The van der Waals surface area contributed by atoms with Gasteiger partial charge in [0.05, 0.1) is 29.4 Å². The van der Waals surface area contributed by atoms with E-state index in [0.29, 0.717) is 40.2 Å². The highest BCUT2D eigenvalue weighted by Crippen LogP contribution is 2.37. The van der Waals surface area contributed by atoms with Crippen molar-refractivity contribution in [2.24, 2.45) is 0 Å². The quantitative estimate of drug-likeness (QED) is 0.426. The van der Waals surface area contributed by atoms with E-state index in [0.717, 1.165) is 20.9 Å². The summed E-state index contributed by atoms with van der Waals surface area (Å²) in [6.45, 7) is 5.84. The number of methoxy groups -OCH3 is 1. The number of esters is 1. The number of benzene rings is 1. The lowest BCUT2D eigenvalue weighted by Gasteiger charge is -2.24. The highest BCUT2D eigenvalue weighted by Gasteiger charge is 2.40. The third-order valence-corrected chi connectivity index (χ3v) is 6.80. The molecule has 0 fully saturated rings. The molecule has 0 saturated heterocycles. The van der Waals surface area contributed by atoms with Crippen LogP contribution < -0.4 is 4.90 Å². The van der Waals surface area contributed by atoms with Crippen molar-refractivity contribution in [1.82, 2.24) is 10.1 Å². The molecule has 1 aromatic carbocycles. The van der Waals surface area contributed by atoms with Crippen LogP contribution in [0.15, 0.2) is 40.9 Å². The number of carbonyl (C=O) groups excluding carboxylic acids is 2. The number of aromatic nitrogens is 2. The predicted octanol–water partition coefficient (Wildman–Crippen LogP) is 4.62. The summed E-state index contributed by atoms with van der Waals surface area (Å²) in [6, 6.07) is 10.6. The Labute approximate surface area is 188 Å². The van der Waals surface area contributed by atoms with Crippen LogP contribution in [-0.2, 0) is 16.0 Å². The number of carbonyl (C=O) groups is 2. The van der Waals surface area contributed by atoms with Gasteiger partial charge < -0.3 is 9.26 Å². The van der Waals surface area contributed by atoms with Gasteiger partial charge in [-0.1, -0.05) is 23.4 Å². The van der Waals surface area contributed by atoms with Crippen molar-refractivity contribution in [1.29, 1.82) is 0 Å². The van der Waals surface area contributed by atoms with Crippen LogP contribution >= 0.6 is 11.3 Å². The summed E-state index contributed by atoms with van der Waals surface area (Å²) in [4.78, 5) is 35.0. The number of aryl methyl sites for hydroxylation is 3. The van der Waals surface area contributed by atoms with Gasteiger partial charge in [-0.15, -0.1) is 11.3 Å². The van der Waals surface area contributed by atoms with Crippen molar-refractivity contribution in [3.8, 4) is 11.3 Å². The van der Waals surface area contributed by atoms with E-state index in [2.05, 4.69) is 10.1 Å². The summed E-state index contributed by atoms with van der Waals surface area (Å²) in [5.74, 6) is -0.763. The van der Waals surface area contributed by atoms with Gasteiger partial charge in [0.25, 0.3) is 11.6 Å². The molecule has 0 aliphatic carbocycles. The van der Waals surface area contributed by atoms with E-state index in [4.69, 9.17) is 9.26 Å². The second-order valence-corrected chi connectivity index (χ2v) is 9.34. The Morgan fingerprint density at radius 3 is 2.69 bits per heavy atom. The van der Waals surface area contributed by atoms with Crippen molar-refractivity contribution < 1.29 is 18.8 Å². The van der Waals surface area contributed by atoms with Crippen LogP contribution in [-0.4, -0.2) is 35.2 Å². The van der Waals surface area contributed by atoms with E-state index in [1.54, 1.807) is 24.3 Å². The first-order chi connectivity index (χ1) is 15.4. The zero-order valence-corrected chi connectivity index (χ0v) is 18.9. The second kappa shape index (κ2) is 7.56. The number of pyridine rings is 1. The lowest BCUT2D eigenvalue weighted by molar-refractivity contribution is -0.141. The van der Waals surface area contributed by atoms with Crippen molar-refractivity contribution in [2.45, 2.75) is 33.2 Å². The molecule has 7 nitrogen and oxygen atoms in total. The van der Waals surface area contributed by atoms with Crippen LogP contribution in [0.1, 0.15) is 31.4 Å². The average Bonchev–Trinajstić information content (AvgIpc) is 3.46. The maximum atomic E-state index is 14.0. The monoisotopic (exact) mass is 447 g/mol. The Morgan fingerprint density at radius 2 is 1.97 bits per heavy atom. The molecule has 4 heterocycles. The number of fused-ring (bicyclic) bond motifs is 2. The first-order valence-corrected chi connectivity index (χ1v) is 11.0. The number of rotatable bonds is 3. The smallest absolute Gasteiger partial charge is 0.329 e. The van der Waals surface area contributed by atoms with E-state index in [1.165, 1.54) is 12.0 Å². The average molecular weight is 448 g/mol. The van der Waals surface area contributed by atoms with Crippen LogP contribution in [0.3, 0.4) is 0 Å². The van der Waals surface area contributed by atoms with Gasteiger partial charge in [-0.3, -0.25) is 9.69 Å². The number of hydrogen-bond donors (Lipinski definition) is 0. The maximum Gasteiger partial charge on any atom is 0.329 e. The predicted molar refractivity (Wildman–Crippen MR) is 122 cm³/mol. The van der Waals surface area contributed by atoms with Gasteiger partial charge >= 0.3 is 5.97 Å². The molecule has 1 atom stereocenters. The zero-order chi connectivity index (χ0) is 22.6. The number of hydrogen-bond acceptors (Lipinski definition) is 7. The Hall–Kier alpha value is -3.52. The molecular formula is C24H21N3O4S. The first kappa shape index (κ1) is 20.4. The summed E-state index contributed by atoms with van der Waals surface area (Å²) in [5, 5.41) is 4.60. The van der Waals surface area contributed by atoms with Gasteiger partial charge in [0, 0.05) is 27.4 Å².